The molecule has 3 aromatic heterocycles. The molecule has 10 nitrogen and oxygen atoms in total. The van der Waals surface area contributed by atoms with Crippen LogP contribution in [0.3, 0.4) is 0 Å². The van der Waals surface area contributed by atoms with Crippen LogP contribution in [0.5, 0.6) is 0 Å². The predicted octanol–water partition coefficient (Wildman–Crippen LogP) is 2.10. The number of nitrogens with one attached hydrogen (secondary N) is 1. The molecule has 3 heterocycles. The molecule has 0 saturated carbocycles. The first-order valence-electron chi connectivity index (χ1n) is 8.91. The number of nitro groups is 1. The van der Waals surface area contributed by atoms with Gasteiger partial charge < -0.3 is 9.72 Å². The highest BCUT2D eigenvalue weighted by molar-refractivity contribution is 5.93. The van der Waals surface area contributed by atoms with E-state index in [1.807, 2.05) is 35.0 Å². The number of carbonyl (C=O) groups excluding carboxylic acids is 1. The van der Waals surface area contributed by atoms with Crippen molar-refractivity contribution in [3.63, 3.8) is 0 Å². The molecule has 0 fully saturated rings. The van der Waals surface area contributed by atoms with E-state index in [4.69, 9.17) is 0 Å². The molecule has 1 N–H and O–H groups in total. The van der Waals surface area contributed by atoms with Gasteiger partial charge in [0.1, 0.15) is 5.65 Å². The Balaban J connectivity index is 1.44. The van der Waals surface area contributed by atoms with E-state index >= 15 is 0 Å². The van der Waals surface area contributed by atoms with Gasteiger partial charge in [0, 0.05) is 37.5 Å². The van der Waals surface area contributed by atoms with Crippen LogP contribution >= 0.6 is 0 Å². The van der Waals surface area contributed by atoms with E-state index in [1.165, 1.54) is 16.8 Å². The van der Waals surface area contributed by atoms with Crippen molar-refractivity contribution in [2.24, 2.45) is 0 Å². The number of nitrogens with zero attached hydrogens (tertiary/aromatic N) is 6. The second-order valence-electron chi connectivity index (χ2n) is 6.42. The molecule has 1 amide bonds. The van der Waals surface area contributed by atoms with E-state index in [2.05, 4.69) is 20.6 Å². The third-order valence-corrected chi connectivity index (χ3v) is 4.48. The molecule has 0 bridgehead atoms. The van der Waals surface area contributed by atoms with Crippen LogP contribution in [0.15, 0.2) is 54.9 Å². The van der Waals surface area contributed by atoms with Crippen molar-refractivity contribution in [2.45, 2.75) is 13.3 Å². The maximum absolute atomic E-state index is 12.5. The SMILES string of the molecule is Cc1c(C(=O)NCCc2cn3ccccc3n2)nnn1-c1cccc([N+](=O)[O-])c1. The molecule has 0 atom stereocenters. The Kier molecular flexibility index (Phi) is 4.73. The Labute approximate surface area is 165 Å². The number of hydrogen-bond acceptors (Lipinski definition) is 6. The number of rotatable bonds is 6. The Bertz CT molecular complexity index is 1180. The number of benzene rings is 1. The lowest BCUT2D eigenvalue weighted by Gasteiger charge is -2.04. The number of imidazole rings is 1. The quantitative estimate of drug-likeness (QED) is 0.397. The third kappa shape index (κ3) is 3.68. The topological polar surface area (TPSA) is 120 Å². The third-order valence-electron chi connectivity index (χ3n) is 4.48. The lowest BCUT2D eigenvalue weighted by atomic mass is 10.2. The summed E-state index contributed by atoms with van der Waals surface area (Å²) in [4.78, 5) is 27.5. The molecule has 29 heavy (non-hydrogen) atoms. The Hall–Kier alpha value is -4.08. The molecular weight excluding hydrogens is 374 g/mol. The van der Waals surface area contributed by atoms with Gasteiger partial charge in [-0.2, -0.15) is 0 Å². The van der Waals surface area contributed by atoms with Crippen LogP contribution < -0.4 is 5.32 Å². The zero-order chi connectivity index (χ0) is 20.4. The number of non-ortho nitro benzene ring substituents is 1. The van der Waals surface area contributed by atoms with E-state index in [1.54, 1.807) is 19.1 Å². The highest BCUT2D eigenvalue weighted by Gasteiger charge is 2.18. The maximum Gasteiger partial charge on any atom is 0.273 e. The maximum atomic E-state index is 12.5. The van der Waals surface area contributed by atoms with Gasteiger partial charge in [-0.3, -0.25) is 14.9 Å². The number of pyridine rings is 1. The fraction of sp³-hybridized carbons (Fsp3) is 0.158. The summed E-state index contributed by atoms with van der Waals surface area (Å²) in [5.74, 6) is -0.358. The van der Waals surface area contributed by atoms with Gasteiger partial charge >= 0.3 is 0 Å². The Morgan fingerprint density at radius 2 is 2.10 bits per heavy atom. The standard InChI is InChI=1S/C19H17N7O3/c1-13-18(22-23-25(13)15-5-4-6-16(11-15)26(28)29)19(27)20-9-8-14-12-24-10-3-2-7-17(24)21-14/h2-7,10-12H,8-9H2,1H3,(H,20,27). The van der Waals surface area contributed by atoms with Crippen molar-refractivity contribution >= 4 is 17.2 Å². The Morgan fingerprint density at radius 1 is 1.24 bits per heavy atom. The molecule has 0 aliphatic rings. The number of fused-ring (bicyclic) bond motifs is 1. The largest absolute Gasteiger partial charge is 0.350 e. The first-order chi connectivity index (χ1) is 14.0. The molecule has 0 unspecified atom stereocenters. The van der Waals surface area contributed by atoms with Crippen LogP contribution in [-0.4, -0.2) is 41.8 Å². The average molecular weight is 391 g/mol. The van der Waals surface area contributed by atoms with Crippen LogP contribution in [0.1, 0.15) is 21.9 Å². The Morgan fingerprint density at radius 3 is 2.90 bits per heavy atom. The zero-order valence-corrected chi connectivity index (χ0v) is 15.5. The van der Waals surface area contributed by atoms with Crippen molar-refractivity contribution in [2.75, 3.05) is 6.54 Å². The molecule has 1 aromatic carbocycles. The van der Waals surface area contributed by atoms with E-state index in [0.717, 1.165) is 11.3 Å². The first kappa shape index (κ1) is 18.3. The van der Waals surface area contributed by atoms with Gasteiger partial charge in [0.05, 0.1) is 22.0 Å². The van der Waals surface area contributed by atoms with Gasteiger partial charge in [0.2, 0.25) is 0 Å². The monoisotopic (exact) mass is 391 g/mol. The summed E-state index contributed by atoms with van der Waals surface area (Å²) in [5.41, 5.74) is 2.80. The van der Waals surface area contributed by atoms with Gasteiger partial charge in [-0.05, 0) is 25.1 Å². The summed E-state index contributed by atoms with van der Waals surface area (Å²) in [6.45, 7) is 2.09. The van der Waals surface area contributed by atoms with Gasteiger partial charge in [-0.25, -0.2) is 9.67 Å². The van der Waals surface area contributed by atoms with Crippen molar-refractivity contribution in [1.82, 2.24) is 29.7 Å². The summed E-state index contributed by atoms with van der Waals surface area (Å²) in [6, 6.07) is 11.8. The highest BCUT2D eigenvalue weighted by Crippen LogP contribution is 2.18. The highest BCUT2D eigenvalue weighted by atomic mass is 16.6. The molecule has 0 aliphatic heterocycles. The molecule has 0 spiro atoms. The smallest absolute Gasteiger partial charge is 0.273 e. The summed E-state index contributed by atoms with van der Waals surface area (Å²) < 4.78 is 3.33. The minimum absolute atomic E-state index is 0.0594. The normalized spacial score (nSPS) is 10.9. The lowest BCUT2D eigenvalue weighted by molar-refractivity contribution is -0.384. The number of hydrogen-bond donors (Lipinski definition) is 1. The molecule has 0 aliphatic carbocycles. The van der Waals surface area contributed by atoms with Crippen LogP contribution in [-0.2, 0) is 6.42 Å². The second-order valence-corrected chi connectivity index (χ2v) is 6.42. The second kappa shape index (κ2) is 7.50. The van der Waals surface area contributed by atoms with E-state index in [-0.39, 0.29) is 17.3 Å². The lowest BCUT2D eigenvalue weighted by Crippen LogP contribution is -2.26. The molecule has 4 aromatic rings. The molecule has 0 radical (unpaired) electrons. The van der Waals surface area contributed by atoms with Crippen molar-refractivity contribution < 1.29 is 9.72 Å². The molecule has 10 heteroatoms. The van der Waals surface area contributed by atoms with Crippen LogP contribution in [0.2, 0.25) is 0 Å². The number of amides is 1. The van der Waals surface area contributed by atoms with Crippen LogP contribution in [0.25, 0.3) is 11.3 Å². The number of aromatic nitrogens is 5. The fourth-order valence-corrected chi connectivity index (χ4v) is 3.02. The number of carbonyl (C=O) groups is 1. The van der Waals surface area contributed by atoms with Gasteiger partial charge in [0.25, 0.3) is 11.6 Å². The molecule has 4 rings (SSSR count). The van der Waals surface area contributed by atoms with E-state index in [0.29, 0.717) is 24.3 Å². The van der Waals surface area contributed by atoms with Crippen LogP contribution in [0, 0.1) is 17.0 Å². The summed E-state index contributed by atoms with van der Waals surface area (Å²) in [7, 11) is 0. The van der Waals surface area contributed by atoms with E-state index in [9.17, 15) is 14.9 Å². The summed E-state index contributed by atoms with van der Waals surface area (Å²) in [5, 5.41) is 21.7. The van der Waals surface area contributed by atoms with Gasteiger partial charge in [0.15, 0.2) is 5.69 Å². The van der Waals surface area contributed by atoms with Gasteiger partial charge in [-0.1, -0.05) is 17.3 Å². The minimum Gasteiger partial charge on any atom is -0.350 e. The van der Waals surface area contributed by atoms with Crippen molar-refractivity contribution in [3.05, 3.63) is 82.1 Å². The molecule has 146 valence electrons. The minimum atomic E-state index is -0.483. The summed E-state index contributed by atoms with van der Waals surface area (Å²) in [6.07, 6.45) is 4.41. The van der Waals surface area contributed by atoms with E-state index < -0.39 is 4.92 Å². The summed E-state index contributed by atoms with van der Waals surface area (Å²) >= 11 is 0. The van der Waals surface area contributed by atoms with Gasteiger partial charge in [-0.15, -0.1) is 5.10 Å². The predicted molar refractivity (Wildman–Crippen MR) is 104 cm³/mol. The molecular formula is C19H17N7O3. The average Bonchev–Trinajstić information content (AvgIpc) is 3.31. The fourth-order valence-electron chi connectivity index (χ4n) is 3.02. The first-order valence-corrected chi connectivity index (χ1v) is 8.91. The van der Waals surface area contributed by atoms with Crippen LogP contribution in [0.4, 0.5) is 5.69 Å². The van der Waals surface area contributed by atoms with Crippen molar-refractivity contribution in [3.8, 4) is 5.69 Å². The molecule has 0 saturated heterocycles. The zero-order valence-electron chi connectivity index (χ0n) is 15.5. The number of nitro benzene ring substituents is 1. The van der Waals surface area contributed by atoms with Crippen molar-refractivity contribution in [1.29, 1.82) is 0 Å².